The quantitative estimate of drug-likeness (QED) is 0.750. The van der Waals surface area contributed by atoms with Crippen LogP contribution in [0.15, 0.2) is 27.4 Å². The molecule has 0 amide bonds. The van der Waals surface area contributed by atoms with Crippen molar-refractivity contribution in [2.45, 2.75) is 44.3 Å². The highest BCUT2D eigenvalue weighted by Crippen LogP contribution is 2.38. The van der Waals surface area contributed by atoms with Crippen molar-refractivity contribution in [3.63, 3.8) is 0 Å². The second-order valence-corrected chi connectivity index (χ2v) is 6.62. The van der Waals surface area contributed by atoms with E-state index in [1.165, 1.54) is 12.1 Å². The molecule has 0 atom stereocenters. The van der Waals surface area contributed by atoms with E-state index in [4.69, 9.17) is 10.2 Å². The molecule has 0 spiro atoms. The highest BCUT2D eigenvalue weighted by atomic mass is 19.4. The first-order chi connectivity index (χ1) is 12.4. The molecule has 4 N–H and O–H groups in total. The van der Waals surface area contributed by atoms with E-state index in [1.54, 1.807) is 0 Å². The van der Waals surface area contributed by atoms with E-state index in [0.717, 1.165) is 38.2 Å². The third-order valence-corrected chi connectivity index (χ3v) is 4.79. The maximum atomic E-state index is 13.4. The Balaban J connectivity index is 1.82. The Bertz CT molecular complexity index is 792. The Kier molecular flexibility index (Phi) is 5.36. The first-order valence-corrected chi connectivity index (χ1v) is 8.60. The van der Waals surface area contributed by atoms with E-state index in [2.05, 4.69) is 15.5 Å². The summed E-state index contributed by atoms with van der Waals surface area (Å²) >= 11 is 0. The molecule has 9 heteroatoms. The number of aromatic amines is 1. The van der Waals surface area contributed by atoms with Crippen LogP contribution in [0.25, 0.3) is 11.5 Å². The van der Waals surface area contributed by atoms with Gasteiger partial charge in [0.25, 0.3) is 0 Å². The summed E-state index contributed by atoms with van der Waals surface area (Å²) in [6, 6.07) is 3.51. The van der Waals surface area contributed by atoms with E-state index >= 15 is 0 Å². The lowest BCUT2D eigenvalue weighted by molar-refractivity contribution is -0.137. The molecule has 0 radical (unpaired) electrons. The molecular formula is C17H21F3N4O2. The summed E-state index contributed by atoms with van der Waals surface area (Å²) in [7, 11) is 0. The molecule has 1 aromatic heterocycles. The number of nitrogens with one attached hydrogen (secondary N) is 2. The standard InChI is InChI=1S/C17H21F3N4O2/c18-17(19,20)13-6-3-11(15-23-24-16(25)26-15)9-14(13)22-12-4-1-10(2-5-12)7-8-21/h3,6,9-10,12,22H,1-2,4-5,7-8,21H2,(H,24,25)/t10-,12-. The highest BCUT2D eigenvalue weighted by Gasteiger charge is 2.34. The summed E-state index contributed by atoms with van der Waals surface area (Å²) in [6.07, 6.45) is -0.0418. The molecule has 1 fully saturated rings. The van der Waals surface area contributed by atoms with Crippen LogP contribution in [0.2, 0.25) is 0 Å². The van der Waals surface area contributed by atoms with Crippen LogP contribution in [0.3, 0.4) is 0 Å². The molecule has 0 bridgehead atoms. The smallest absolute Gasteiger partial charge is 0.388 e. The molecule has 1 aromatic carbocycles. The van der Waals surface area contributed by atoms with Crippen molar-refractivity contribution in [1.29, 1.82) is 0 Å². The molecule has 1 aliphatic carbocycles. The molecule has 142 valence electrons. The number of H-pyrrole nitrogens is 1. The minimum absolute atomic E-state index is 0.0251. The number of aromatic nitrogens is 2. The lowest BCUT2D eigenvalue weighted by Gasteiger charge is -2.30. The summed E-state index contributed by atoms with van der Waals surface area (Å²) in [4.78, 5) is 11.1. The predicted octanol–water partition coefficient (Wildman–Crippen LogP) is 3.37. The Morgan fingerprint density at radius 1 is 1.27 bits per heavy atom. The van der Waals surface area contributed by atoms with E-state index in [1.807, 2.05) is 0 Å². The number of anilines is 1. The molecular weight excluding hydrogens is 349 g/mol. The van der Waals surface area contributed by atoms with Crippen LogP contribution in [0.4, 0.5) is 18.9 Å². The molecule has 6 nitrogen and oxygen atoms in total. The van der Waals surface area contributed by atoms with Gasteiger partial charge in [0.05, 0.1) is 5.56 Å². The van der Waals surface area contributed by atoms with Gasteiger partial charge in [-0.15, -0.1) is 5.10 Å². The van der Waals surface area contributed by atoms with Crippen LogP contribution < -0.4 is 16.8 Å². The maximum absolute atomic E-state index is 13.4. The zero-order valence-corrected chi connectivity index (χ0v) is 14.1. The number of rotatable bonds is 5. The molecule has 0 saturated heterocycles. The third-order valence-electron chi connectivity index (χ3n) is 4.79. The first kappa shape index (κ1) is 18.5. The van der Waals surface area contributed by atoms with E-state index < -0.39 is 17.5 Å². The van der Waals surface area contributed by atoms with Crippen molar-refractivity contribution in [1.82, 2.24) is 10.2 Å². The van der Waals surface area contributed by atoms with Gasteiger partial charge in [-0.2, -0.15) is 13.2 Å². The average molecular weight is 370 g/mol. The van der Waals surface area contributed by atoms with Crippen LogP contribution >= 0.6 is 0 Å². The van der Waals surface area contributed by atoms with Gasteiger partial charge < -0.3 is 15.5 Å². The minimum Gasteiger partial charge on any atom is -0.388 e. The van der Waals surface area contributed by atoms with E-state index in [0.29, 0.717) is 18.0 Å². The molecule has 3 rings (SSSR count). The second kappa shape index (κ2) is 7.53. The zero-order chi connectivity index (χ0) is 18.7. The van der Waals surface area contributed by atoms with Gasteiger partial charge in [0.15, 0.2) is 0 Å². The molecule has 26 heavy (non-hydrogen) atoms. The van der Waals surface area contributed by atoms with Gasteiger partial charge in [-0.3, -0.25) is 0 Å². The van der Waals surface area contributed by atoms with Gasteiger partial charge in [-0.25, -0.2) is 9.89 Å². The number of hydrogen-bond donors (Lipinski definition) is 3. The van der Waals surface area contributed by atoms with Crippen LogP contribution in [0, 0.1) is 5.92 Å². The fourth-order valence-corrected chi connectivity index (χ4v) is 3.45. The Morgan fingerprint density at radius 3 is 2.58 bits per heavy atom. The third kappa shape index (κ3) is 4.27. The SMILES string of the molecule is NCC[C@H]1CC[C@H](Nc2cc(-c3n[nH]c(=O)o3)ccc2C(F)(F)F)CC1. The predicted molar refractivity (Wildman–Crippen MR) is 90.6 cm³/mol. The van der Waals surface area contributed by atoms with Crippen molar-refractivity contribution < 1.29 is 17.6 Å². The van der Waals surface area contributed by atoms with Crippen molar-refractivity contribution in [3.05, 3.63) is 34.3 Å². The van der Waals surface area contributed by atoms with Crippen molar-refractivity contribution >= 4 is 5.69 Å². The number of benzene rings is 1. The normalized spacial score (nSPS) is 20.9. The van der Waals surface area contributed by atoms with Gasteiger partial charge in [-0.05, 0) is 62.8 Å². The van der Waals surface area contributed by atoms with Crippen molar-refractivity contribution in [3.8, 4) is 11.5 Å². The highest BCUT2D eigenvalue weighted by molar-refractivity contribution is 5.65. The van der Waals surface area contributed by atoms with Crippen molar-refractivity contribution in [2.24, 2.45) is 11.7 Å². The van der Waals surface area contributed by atoms with Gasteiger partial charge in [0.2, 0.25) is 5.89 Å². The number of nitrogens with zero attached hydrogens (tertiary/aromatic N) is 1. The van der Waals surface area contributed by atoms with Crippen LogP contribution in [0.5, 0.6) is 0 Å². The van der Waals surface area contributed by atoms with Gasteiger partial charge >= 0.3 is 11.9 Å². The lowest BCUT2D eigenvalue weighted by atomic mass is 9.84. The Morgan fingerprint density at radius 2 is 2.00 bits per heavy atom. The number of halogens is 3. The largest absolute Gasteiger partial charge is 0.434 e. The summed E-state index contributed by atoms with van der Waals surface area (Å²) < 4.78 is 44.9. The van der Waals surface area contributed by atoms with Gasteiger partial charge in [0.1, 0.15) is 0 Å². The maximum Gasteiger partial charge on any atom is 0.434 e. The summed E-state index contributed by atoms with van der Waals surface area (Å²) in [6.45, 7) is 0.637. The Hall–Kier alpha value is -2.29. The topological polar surface area (TPSA) is 96.9 Å². The summed E-state index contributed by atoms with van der Waals surface area (Å²) in [5.74, 6) is -0.254. The number of alkyl halides is 3. The fourth-order valence-electron chi connectivity index (χ4n) is 3.45. The molecule has 0 aliphatic heterocycles. The van der Waals surface area contributed by atoms with Crippen LogP contribution in [0.1, 0.15) is 37.7 Å². The molecule has 0 unspecified atom stereocenters. The monoisotopic (exact) mass is 370 g/mol. The van der Waals surface area contributed by atoms with Gasteiger partial charge in [-0.1, -0.05) is 0 Å². The van der Waals surface area contributed by atoms with Gasteiger partial charge in [0, 0.05) is 17.3 Å². The molecule has 1 aliphatic rings. The molecule has 1 heterocycles. The summed E-state index contributed by atoms with van der Waals surface area (Å²) in [5, 5.41) is 8.80. The van der Waals surface area contributed by atoms with Crippen molar-refractivity contribution in [2.75, 3.05) is 11.9 Å². The van der Waals surface area contributed by atoms with Crippen LogP contribution in [-0.4, -0.2) is 22.8 Å². The second-order valence-electron chi connectivity index (χ2n) is 6.62. The fraction of sp³-hybridized carbons (Fsp3) is 0.529. The zero-order valence-electron chi connectivity index (χ0n) is 14.1. The summed E-state index contributed by atoms with van der Waals surface area (Å²) in [5.41, 5.74) is 5.11. The first-order valence-electron chi connectivity index (χ1n) is 8.60. The Labute approximate surface area is 148 Å². The molecule has 1 saturated carbocycles. The van der Waals surface area contributed by atoms with E-state index in [9.17, 15) is 18.0 Å². The number of hydrogen-bond acceptors (Lipinski definition) is 5. The molecule has 2 aromatic rings. The lowest BCUT2D eigenvalue weighted by Crippen LogP contribution is -2.28. The van der Waals surface area contributed by atoms with E-state index in [-0.39, 0.29) is 17.6 Å². The average Bonchev–Trinajstić information content (AvgIpc) is 3.02. The van der Waals surface area contributed by atoms with Crippen LogP contribution in [-0.2, 0) is 6.18 Å². The number of nitrogens with two attached hydrogens (primary N) is 1. The minimum atomic E-state index is -4.48.